The Morgan fingerprint density at radius 3 is 2.71 bits per heavy atom. The molecule has 21 heavy (non-hydrogen) atoms. The van der Waals surface area contributed by atoms with Crippen molar-refractivity contribution in [3.63, 3.8) is 0 Å². The van der Waals surface area contributed by atoms with Crippen LogP contribution in [-0.2, 0) is 0 Å². The molecule has 0 saturated heterocycles. The summed E-state index contributed by atoms with van der Waals surface area (Å²) in [5, 5.41) is 4.52. The number of halogens is 1. The van der Waals surface area contributed by atoms with Gasteiger partial charge in [0.1, 0.15) is 24.7 Å². The molecule has 6 nitrogen and oxygen atoms in total. The van der Waals surface area contributed by atoms with E-state index in [1.165, 1.54) is 12.7 Å². The first-order chi connectivity index (χ1) is 10.1. The maximum atomic E-state index is 6.26. The molecule has 0 atom stereocenters. The molecule has 0 radical (unpaired) electrons. The van der Waals surface area contributed by atoms with Crippen molar-refractivity contribution < 1.29 is 4.74 Å². The van der Waals surface area contributed by atoms with Gasteiger partial charge in [0, 0.05) is 11.3 Å². The molecule has 2 heterocycles. The molecule has 1 aromatic carbocycles. The van der Waals surface area contributed by atoms with E-state index in [2.05, 4.69) is 20.1 Å². The normalized spacial score (nSPS) is 10.6. The number of aryl methyl sites for hydroxylation is 1. The molecule has 3 aromatic rings. The number of aromatic nitrogens is 5. The third-order valence-corrected chi connectivity index (χ3v) is 3.39. The van der Waals surface area contributed by atoms with Gasteiger partial charge in [-0.25, -0.2) is 19.6 Å². The number of benzene rings is 1. The quantitative estimate of drug-likeness (QED) is 0.743. The molecule has 7 heteroatoms. The molecule has 0 N–H and O–H groups in total. The van der Waals surface area contributed by atoms with Crippen LogP contribution in [0.2, 0.25) is 5.02 Å². The van der Waals surface area contributed by atoms with Crippen molar-refractivity contribution in [3.8, 4) is 17.3 Å². The smallest absolute Gasteiger partial charge is 0.225 e. The summed E-state index contributed by atoms with van der Waals surface area (Å²) in [6.07, 6.45) is 4.53. The molecule has 0 unspecified atom stereocenters. The van der Waals surface area contributed by atoms with Crippen LogP contribution in [0.25, 0.3) is 5.69 Å². The van der Waals surface area contributed by atoms with Crippen molar-refractivity contribution in [1.82, 2.24) is 24.7 Å². The van der Waals surface area contributed by atoms with Gasteiger partial charge >= 0.3 is 0 Å². The highest BCUT2D eigenvalue weighted by Crippen LogP contribution is 2.31. The van der Waals surface area contributed by atoms with Gasteiger partial charge < -0.3 is 4.74 Å². The number of rotatable bonds is 3. The molecule has 0 fully saturated rings. The Kier molecular flexibility index (Phi) is 3.53. The van der Waals surface area contributed by atoms with E-state index in [1.807, 2.05) is 19.9 Å². The van der Waals surface area contributed by atoms with Crippen molar-refractivity contribution in [3.05, 3.63) is 53.5 Å². The number of ether oxygens (including phenoxy) is 1. The van der Waals surface area contributed by atoms with Gasteiger partial charge in [0.15, 0.2) is 0 Å². The predicted molar refractivity (Wildman–Crippen MR) is 77.9 cm³/mol. The summed E-state index contributed by atoms with van der Waals surface area (Å²) >= 11 is 6.26. The van der Waals surface area contributed by atoms with Crippen molar-refractivity contribution in [1.29, 1.82) is 0 Å². The maximum Gasteiger partial charge on any atom is 0.225 e. The second-order valence-corrected chi connectivity index (χ2v) is 4.85. The lowest BCUT2D eigenvalue weighted by Crippen LogP contribution is -1.98. The van der Waals surface area contributed by atoms with Gasteiger partial charge in [-0.3, -0.25) is 0 Å². The van der Waals surface area contributed by atoms with E-state index < -0.39 is 0 Å². The van der Waals surface area contributed by atoms with E-state index in [4.69, 9.17) is 16.3 Å². The highest BCUT2D eigenvalue weighted by Gasteiger charge is 2.10. The van der Waals surface area contributed by atoms with Crippen molar-refractivity contribution in [2.75, 3.05) is 0 Å². The Bertz CT molecular complexity index is 773. The zero-order valence-corrected chi connectivity index (χ0v) is 12.2. The zero-order chi connectivity index (χ0) is 14.8. The Morgan fingerprint density at radius 2 is 2.00 bits per heavy atom. The third-order valence-electron chi connectivity index (χ3n) is 3.10. The zero-order valence-electron chi connectivity index (χ0n) is 11.5. The van der Waals surface area contributed by atoms with Crippen molar-refractivity contribution in [2.24, 2.45) is 0 Å². The van der Waals surface area contributed by atoms with Crippen LogP contribution in [0.3, 0.4) is 0 Å². The Hall–Kier alpha value is -2.47. The summed E-state index contributed by atoms with van der Waals surface area (Å²) in [6, 6.07) is 5.38. The maximum absolute atomic E-state index is 6.26. The molecule has 0 aliphatic carbocycles. The number of hydrogen-bond acceptors (Lipinski definition) is 5. The highest BCUT2D eigenvalue weighted by atomic mass is 35.5. The first-order valence-corrected chi connectivity index (χ1v) is 6.63. The van der Waals surface area contributed by atoms with Crippen LogP contribution in [0, 0.1) is 13.8 Å². The molecular formula is C14H12ClN5O. The van der Waals surface area contributed by atoms with E-state index in [1.54, 1.807) is 23.1 Å². The lowest BCUT2D eigenvalue weighted by Gasteiger charge is -2.10. The van der Waals surface area contributed by atoms with Crippen LogP contribution in [0.4, 0.5) is 0 Å². The molecule has 0 saturated carbocycles. The first kappa shape index (κ1) is 13.5. The number of nitrogens with zero attached hydrogens (tertiary/aromatic N) is 5. The fourth-order valence-corrected chi connectivity index (χ4v) is 1.99. The molecule has 0 aliphatic heterocycles. The third kappa shape index (κ3) is 2.71. The SMILES string of the molecule is Cc1ncnc(Oc2ccc(-n3cncn3)cc2Cl)c1C. The Labute approximate surface area is 126 Å². The molecular weight excluding hydrogens is 290 g/mol. The van der Waals surface area contributed by atoms with Gasteiger partial charge in [-0.1, -0.05) is 11.6 Å². The van der Waals surface area contributed by atoms with E-state index in [9.17, 15) is 0 Å². The molecule has 0 amide bonds. The molecule has 0 bridgehead atoms. The van der Waals surface area contributed by atoms with Crippen LogP contribution in [0.1, 0.15) is 11.3 Å². The average molecular weight is 302 g/mol. The summed E-state index contributed by atoms with van der Waals surface area (Å²) in [6.45, 7) is 3.81. The Morgan fingerprint density at radius 1 is 1.14 bits per heavy atom. The van der Waals surface area contributed by atoms with Crippen LogP contribution >= 0.6 is 11.6 Å². The highest BCUT2D eigenvalue weighted by molar-refractivity contribution is 6.32. The topological polar surface area (TPSA) is 65.7 Å². The summed E-state index contributed by atoms with van der Waals surface area (Å²) < 4.78 is 7.39. The van der Waals surface area contributed by atoms with Crippen LogP contribution in [0.5, 0.6) is 11.6 Å². The minimum Gasteiger partial charge on any atom is -0.437 e. The lowest BCUT2D eigenvalue weighted by atomic mass is 10.2. The summed E-state index contributed by atoms with van der Waals surface area (Å²) in [5.41, 5.74) is 2.56. The van der Waals surface area contributed by atoms with Crippen LogP contribution < -0.4 is 4.74 Å². The molecule has 3 rings (SSSR count). The molecule has 2 aromatic heterocycles. The molecule has 0 aliphatic rings. The van der Waals surface area contributed by atoms with E-state index in [0.29, 0.717) is 16.7 Å². The molecule has 106 valence electrons. The summed E-state index contributed by atoms with van der Waals surface area (Å²) in [7, 11) is 0. The van der Waals surface area contributed by atoms with Gasteiger partial charge in [-0.05, 0) is 32.0 Å². The fraction of sp³-hybridized carbons (Fsp3) is 0.143. The fourth-order valence-electron chi connectivity index (χ4n) is 1.78. The van der Waals surface area contributed by atoms with Gasteiger partial charge in [0.05, 0.1) is 10.7 Å². The van der Waals surface area contributed by atoms with Gasteiger partial charge in [-0.2, -0.15) is 5.10 Å². The minimum atomic E-state index is 0.471. The first-order valence-electron chi connectivity index (χ1n) is 6.26. The predicted octanol–water partition coefficient (Wildman–Crippen LogP) is 3.12. The van der Waals surface area contributed by atoms with E-state index >= 15 is 0 Å². The average Bonchev–Trinajstić information content (AvgIpc) is 3.00. The lowest BCUT2D eigenvalue weighted by molar-refractivity contribution is 0.456. The van der Waals surface area contributed by atoms with E-state index in [0.717, 1.165) is 16.9 Å². The van der Waals surface area contributed by atoms with Gasteiger partial charge in [0.25, 0.3) is 0 Å². The monoisotopic (exact) mass is 301 g/mol. The van der Waals surface area contributed by atoms with Gasteiger partial charge in [-0.15, -0.1) is 0 Å². The van der Waals surface area contributed by atoms with Crippen LogP contribution in [-0.4, -0.2) is 24.7 Å². The standard InChI is InChI=1S/C14H12ClN5O/c1-9-10(2)17-7-18-14(9)21-13-4-3-11(5-12(13)15)20-8-16-6-19-20/h3-8H,1-2H3. The van der Waals surface area contributed by atoms with Crippen molar-refractivity contribution >= 4 is 11.6 Å². The van der Waals surface area contributed by atoms with Crippen molar-refractivity contribution in [2.45, 2.75) is 13.8 Å². The minimum absolute atomic E-state index is 0.471. The van der Waals surface area contributed by atoms with E-state index in [-0.39, 0.29) is 0 Å². The van der Waals surface area contributed by atoms with Gasteiger partial charge in [0.2, 0.25) is 5.88 Å². The second-order valence-electron chi connectivity index (χ2n) is 4.45. The summed E-state index contributed by atoms with van der Waals surface area (Å²) in [5.74, 6) is 1.03. The Balaban J connectivity index is 1.92. The summed E-state index contributed by atoms with van der Waals surface area (Å²) in [4.78, 5) is 12.1. The largest absolute Gasteiger partial charge is 0.437 e. The van der Waals surface area contributed by atoms with Crippen LogP contribution in [0.15, 0.2) is 37.2 Å². The second kappa shape index (κ2) is 5.49. The molecule has 0 spiro atoms. The number of hydrogen-bond donors (Lipinski definition) is 0.